The highest BCUT2D eigenvalue weighted by Crippen LogP contribution is 2.24. The van der Waals surface area contributed by atoms with Crippen molar-refractivity contribution >= 4 is 11.9 Å². The highest BCUT2D eigenvalue weighted by atomic mass is 16.6. The first-order valence-electron chi connectivity index (χ1n) is 4.07. The molecule has 3 heteroatoms. The van der Waals surface area contributed by atoms with Crippen molar-refractivity contribution in [2.45, 2.75) is 26.2 Å². The molecule has 0 bridgehead atoms. The summed E-state index contributed by atoms with van der Waals surface area (Å²) in [5.41, 5.74) is 0.854. The van der Waals surface area contributed by atoms with E-state index >= 15 is 0 Å². The van der Waals surface area contributed by atoms with Gasteiger partial charge in [0.15, 0.2) is 0 Å². The maximum absolute atomic E-state index is 11.1. The first-order chi connectivity index (χ1) is 5.65. The third-order valence-corrected chi connectivity index (χ3v) is 2.08. The Morgan fingerprint density at radius 1 is 1.67 bits per heavy atom. The zero-order chi connectivity index (χ0) is 9.14. The Labute approximate surface area is 71.4 Å². The molecule has 1 heterocycles. The average Bonchev–Trinajstić information content (AvgIpc) is 2.03. The first-order valence-corrected chi connectivity index (χ1v) is 4.07. The minimum Gasteiger partial charge on any atom is -0.393 e. The molecule has 0 aromatic rings. The second-order valence-electron chi connectivity index (χ2n) is 2.90. The lowest BCUT2D eigenvalue weighted by molar-refractivity contribution is -0.166. The second kappa shape index (κ2) is 3.52. The van der Waals surface area contributed by atoms with Crippen molar-refractivity contribution in [1.29, 1.82) is 0 Å². The van der Waals surface area contributed by atoms with Gasteiger partial charge in [-0.25, -0.2) is 0 Å². The fourth-order valence-electron chi connectivity index (χ4n) is 1.23. The van der Waals surface area contributed by atoms with Gasteiger partial charge in [-0.3, -0.25) is 9.59 Å². The average molecular weight is 168 g/mol. The SMILES string of the molecule is C=C(CC)C1CCC(=O)OC1=O. The normalized spacial score (nSPS) is 23.6. The van der Waals surface area contributed by atoms with Gasteiger partial charge in [-0.1, -0.05) is 19.1 Å². The molecule has 0 N–H and O–H groups in total. The Bertz CT molecular complexity index is 230. The van der Waals surface area contributed by atoms with Crippen molar-refractivity contribution in [2.24, 2.45) is 5.92 Å². The topological polar surface area (TPSA) is 43.4 Å². The van der Waals surface area contributed by atoms with Crippen LogP contribution in [0.1, 0.15) is 26.2 Å². The molecule has 66 valence electrons. The van der Waals surface area contributed by atoms with E-state index in [0.717, 1.165) is 12.0 Å². The summed E-state index contributed by atoms with van der Waals surface area (Å²) in [6, 6.07) is 0. The molecule has 1 rings (SSSR count). The number of hydrogen-bond donors (Lipinski definition) is 0. The van der Waals surface area contributed by atoms with Crippen molar-refractivity contribution < 1.29 is 14.3 Å². The Morgan fingerprint density at radius 2 is 2.33 bits per heavy atom. The van der Waals surface area contributed by atoms with Gasteiger partial charge in [0, 0.05) is 6.42 Å². The molecule has 0 amide bonds. The van der Waals surface area contributed by atoms with Crippen LogP contribution in [0.2, 0.25) is 0 Å². The lowest BCUT2D eigenvalue weighted by atomic mass is 9.92. The molecule has 1 atom stereocenters. The summed E-state index contributed by atoms with van der Waals surface area (Å²) in [5, 5.41) is 0. The van der Waals surface area contributed by atoms with E-state index in [4.69, 9.17) is 0 Å². The fourth-order valence-corrected chi connectivity index (χ4v) is 1.23. The van der Waals surface area contributed by atoms with Gasteiger partial charge < -0.3 is 4.74 Å². The van der Waals surface area contributed by atoms with E-state index in [1.165, 1.54) is 0 Å². The summed E-state index contributed by atoms with van der Waals surface area (Å²) in [5.74, 6) is -1.11. The maximum atomic E-state index is 11.1. The van der Waals surface area contributed by atoms with Crippen LogP contribution in [0.5, 0.6) is 0 Å². The zero-order valence-corrected chi connectivity index (χ0v) is 7.13. The van der Waals surface area contributed by atoms with E-state index < -0.39 is 11.9 Å². The summed E-state index contributed by atoms with van der Waals surface area (Å²) in [4.78, 5) is 21.8. The molecule has 0 aromatic heterocycles. The van der Waals surface area contributed by atoms with Crippen molar-refractivity contribution in [1.82, 2.24) is 0 Å². The molecular formula is C9H12O3. The Hall–Kier alpha value is -1.12. The predicted molar refractivity (Wildman–Crippen MR) is 43.3 cm³/mol. The molecule has 1 saturated heterocycles. The smallest absolute Gasteiger partial charge is 0.320 e. The standard InChI is InChI=1S/C9H12O3/c1-3-6(2)7-4-5-8(10)12-9(7)11/h7H,2-5H2,1H3. The van der Waals surface area contributed by atoms with E-state index in [-0.39, 0.29) is 5.92 Å². The highest BCUT2D eigenvalue weighted by molar-refractivity contribution is 5.90. The second-order valence-corrected chi connectivity index (χ2v) is 2.90. The van der Waals surface area contributed by atoms with Gasteiger partial charge in [0.05, 0.1) is 5.92 Å². The van der Waals surface area contributed by atoms with Crippen LogP contribution in [0, 0.1) is 5.92 Å². The molecule has 12 heavy (non-hydrogen) atoms. The molecule has 1 fully saturated rings. The summed E-state index contributed by atoms with van der Waals surface area (Å²) >= 11 is 0. The van der Waals surface area contributed by atoms with Crippen LogP contribution in [0.3, 0.4) is 0 Å². The van der Waals surface area contributed by atoms with Gasteiger partial charge in [0.1, 0.15) is 0 Å². The molecule has 1 aliphatic rings. The van der Waals surface area contributed by atoms with E-state index in [1.54, 1.807) is 0 Å². The molecule has 3 nitrogen and oxygen atoms in total. The van der Waals surface area contributed by atoms with Gasteiger partial charge in [0.25, 0.3) is 0 Å². The summed E-state index contributed by atoms with van der Waals surface area (Å²) in [7, 11) is 0. The van der Waals surface area contributed by atoms with Crippen LogP contribution >= 0.6 is 0 Å². The molecular weight excluding hydrogens is 156 g/mol. The summed E-state index contributed by atoms with van der Waals surface area (Å²) in [6.45, 7) is 5.70. The van der Waals surface area contributed by atoms with E-state index in [0.29, 0.717) is 12.8 Å². The largest absolute Gasteiger partial charge is 0.393 e. The maximum Gasteiger partial charge on any atom is 0.320 e. The van der Waals surface area contributed by atoms with E-state index in [2.05, 4.69) is 11.3 Å². The van der Waals surface area contributed by atoms with Gasteiger partial charge >= 0.3 is 11.9 Å². The van der Waals surface area contributed by atoms with Crippen molar-refractivity contribution in [3.8, 4) is 0 Å². The molecule has 0 radical (unpaired) electrons. The molecule has 0 aliphatic carbocycles. The minimum absolute atomic E-state index is 0.257. The van der Waals surface area contributed by atoms with Crippen LogP contribution in [-0.2, 0) is 14.3 Å². The molecule has 0 spiro atoms. The van der Waals surface area contributed by atoms with Gasteiger partial charge in [0.2, 0.25) is 0 Å². The number of carbonyl (C=O) groups is 2. The van der Waals surface area contributed by atoms with Crippen LogP contribution in [-0.4, -0.2) is 11.9 Å². The number of carbonyl (C=O) groups excluding carboxylic acids is 2. The minimum atomic E-state index is -0.432. The molecule has 0 saturated carbocycles. The van der Waals surface area contributed by atoms with Gasteiger partial charge in [-0.2, -0.15) is 0 Å². The van der Waals surface area contributed by atoms with Crippen LogP contribution in [0.15, 0.2) is 12.2 Å². The Kier molecular flexibility index (Phi) is 2.63. The van der Waals surface area contributed by atoms with Crippen molar-refractivity contribution in [2.75, 3.05) is 0 Å². The lowest BCUT2D eigenvalue weighted by Crippen LogP contribution is -2.28. The van der Waals surface area contributed by atoms with Crippen molar-refractivity contribution in [3.05, 3.63) is 12.2 Å². The van der Waals surface area contributed by atoms with Crippen LogP contribution in [0.4, 0.5) is 0 Å². The number of hydrogen-bond acceptors (Lipinski definition) is 3. The summed E-state index contributed by atoms with van der Waals surface area (Å²) < 4.78 is 4.48. The van der Waals surface area contributed by atoms with Crippen LogP contribution in [0.25, 0.3) is 0 Å². The van der Waals surface area contributed by atoms with E-state index in [1.807, 2.05) is 6.92 Å². The lowest BCUT2D eigenvalue weighted by Gasteiger charge is -2.20. The molecule has 1 unspecified atom stereocenters. The first kappa shape index (κ1) is 8.97. The number of cyclic esters (lactones) is 2. The Balaban J connectivity index is 2.62. The molecule has 1 aliphatic heterocycles. The number of ether oxygens (including phenoxy) is 1. The zero-order valence-electron chi connectivity index (χ0n) is 7.13. The predicted octanol–water partition coefficient (Wildman–Crippen LogP) is 1.43. The van der Waals surface area contributed by atoms with Gasteiger partial charge in [-0.05, 0) is 12.8 Å². The van der Waals surface area contributed by atoms with Crippen LogP contribution < -0.4 is 0 Å². The fraction of sp³-hybridized carbons (Fsp3) is 0.556. The highest BCUT2D eigenvalue weighted by Gasteiger charge is 2.29. The number of esters is 2. The van der Waals surface area contributed by atoms with Gasteiger partial charge in [-0.15, -0.1) is 0 Å². The van der Waals surface area contributed by atoms with Crippen molar-refractivity contribution in [3.63, 3.8) is 0 Å². The monoisotopic (exact) mass is 168 g/mol. The molecule has 0 aromatic carbocycles. The number of rotatable bonds is 2. The van der Waals surface area contributed by atoms with E-state index in [9.17, 15) is 9.59 Å². The summed E-state index contributed by atoms with van der Waals surface area (Å²) in [6.07, 6.45) is 1.65. The third-order valence-electron chi connectivity index (χ3n) is 2.08. The quantitative estimate of drug-likeness (QED) is 0.356. The third kappa shape index (κ3) is 1.72. The Morgan fingerprint density at radius 3 is 2.83 bits per heavy atom.